The summed E-state index contributed by atoms with van der Waals surface area (Å²) in [5.41, 5.74) is 3.75. The van der Waals surface area contributed by atoms with Crippen LogP contribution in [-0.4, -0.2) is 57.9 Å². The molecule has 3 aromatic rings. The fourth-order valence-corrected chi connectivity index (χ4v) is 5.05. The lowest BCUT2D eigenvalue weighted by molar-refractivity contribution is 0.0590. The largest absolute Gasteiger partial charge is 0.340 e. The molecule has 0 atom stereocenters. The van der Waals surface area contributed by atoms with Gasteiger partial charge in [0.1, 0.15) is 5.82 Å². The number of anilines is 2. The Balaban J connectivity index is 1.23. The Morgan fingerprint density at radius 2 is 1.71 bits per heavy atom. The van der Waals surface area contributed by atoms with Crippen LogP contribution in [0.25, 0.3) is 11.4 Å². The van der Waals surface area contributed by atoms with Crippen molar-refractivity contribution in [1.29, 1.82) is 0 Å². The number of aromatic nitrogens is 2. The van der Waals surface area contributed by atoms with Crippen molar-refractivity contribution in [3.8, 4) is 11.4 Å². The van der Waals surface area contributed by atoms with Gasteiger partial charge in [0.25, 0.3) is 5.91 Å². The molecule has 1 N–H and O–H groups in total. The first-order valence-electron chi connectivity index (χ1n) is 12.5. The van der Waals surface area contributed by atoms with Crippen molar-refractivity contribution < 1.29 is 4.79 Å². The molecule has 34 heavy (non-hydrogen) atoms. The first-order chi connectivity index (χ1) is 16.7. The Kier molecular flexibility index (Phi) is 6.86. The number of hydrogen-bond acceptors (Lipinski definition) is 5. The number of carbonyl (C=O) groups excluding carboxylic acids is 1. The molecule has 6 nitrogen and oxygen atoms in total. The predicted octanol–water partition coefficient (Wildman–Crippen LogP) is 5.29. The van der Waals surface area contributed by atoms with E-state index in [1.807, 2.05) is 47.4 Å². The summed E-state index contributed by atoms with van der Waals surface area (Å²) in [4.78, 5) is 26.9. The van der Waals surface area contributed by atoms with Crippen LogP contribution in [0.15, 0.2) is 60.8 Å². The highest BCUT2D eigenvalue weighted by molar-refractivity contribution is 5.95. The van der Waals surface area contributed by atoms with E-state index in [4.69, 9.17) is 0 Å². The number of nitrogens with one attached hydrogen (secondary N) is 1. The Hall–Kier alpha value is -3.25. The van der Waals surface area contributed by atoms with Gasteiger partial charge in [-0.3, -0.25) is 4.79 Å². The number of aryl methyl sites for hydroxylation is 1. The summed E-state index contributed by atoms with van der Waals surface area (Å²) in [6, 6.07) is 18.4. The van der Waals surface area contributed by atoms with Gasteiger partial charge in [0.2, 0.25) is 0 Å². The number of piperidine rings is 2. The number of likely N-dealkylation sites (tertiary alicyclic amines) is 2. The van der Waals surface area contributed by atoms with Gasteiger partial charge in [-0.2, -0.15) is 0 Å². The van der Waals surface area contributed by atoms with Crippen molar-refractivity contribution in [3.63, 3.8) is 0 Å². The van der Waals surface area contributed by atoms with E-state index in [-0.39, 0.29) is 5.91 Å². The van der Waals surface area contributed by atoms with Gasteiger partial charge in [-0.05, 0) is 70.0 Å². The van der Waals surface area contributed by atoms with Gasteiger partial charge in [-0.1, -0.05) is 42.3 Å². The van der Waals surface area contributed by atoms with Crippen molar-refractivity contribution >= 4 is 17.4 Å². The Labute approximate surface area is 202 Å². The van der Waals surface area contributed by atoms with Gasteiger partial charge >= 0.3 is 0 Å². The summed E-state index contributed by atoms with van der Waals surface area (Å²) in [5, 5.41) is 3.35. The van der Waals surface area contributed by atoms with Crippen LogP contribution in [0.3, 0.4) is 0 Å². The molecule has 2 aliphatic heterocycles. The topological polar surface area (TPSA) is 61.4 Å². The molecule has 0 unspecified atom stereocenters. The third-order valence-corrected chi connectivity index (χ3v) is 7.01. The molecule has 176 valence electrons. The number of benzene rings is 2. The first-order valence-corrected chi connectivity index (χ1v) is 12.5. The lowest BCUT2D eigenvalue weighted by atomic mass is 9.99. The van der Waals surface area contributed by atoms with Gasteiger partial charge in [0, 0.05) is 42.1 Å². The molecule has 0 bridgehead atoms. The number of rotatable bonds is 5. The smallest absolute Gasteiger partial charge is 0.253 e. The lowest BCUT2D eigenvalue weighted by Crippen LogP contribution is -2.48. The molecular formula is C28H33N5O. The maximum Gasteiger partial charge on any atom is 0.253 e. The SMILES string of the molecule is Cc1ccc(-c2nccc(Nc3cccc(C(=O)N4CCC(N5CCCCC5)CC4)c3)n2)cc1. The van der Waals surface area contributed by atoms with Crippen LogP contribution in [0.5, 0.6) is 0 Å². The lowest BCUT2D eigenvalue weighted by Gasteiger charge is -2.40. The van der Waals surface area contributed by atoms with E-state index in [0.717, 1.165) is 37.2 Å². The number of hydrogen-bond donors (Lipinski definition) is 1. The van der Waals surface area contributed by atoms with Gasteiger partial charge in [-0.15, -0.1) is 0 Å². The summed E-state index contributed by atoms with van der Waals surface area (Å²) in [6.45, 7) is 6.18. The van der Waals surface area contributed by atoms with Gasteiger partial charge in [0.05, 0.1) is 0 Å². The standard InChI is InChI=1S/C28H33N5O/c1-21-8-10-22(11-9-21)27-29-15-12-26(31-27)30-24-7-5-6-23(20-24)28(34)33-18-13-25(14-19-33)32-16-3-2-4-17-32/h5-12,15,20,25H,2-4,13-14,16-19H2,1H3,(H,29,30,31). The van der Waals surface area contributed by atoms with Crippen LogP contribution in [0.4, 0.5) is 11.5 Å². The Morgan fingerprint density at radius 3 is 2.47 bits per heavy atom. The predicted molar refractivity (Wildman–Crippen MR) is 136 cm³/mol. The molecule has 1 aromatic heterocycles. The van der Waals surface area contributed by atoms with Crippen LogP contribution in [0.2, 0.25) is 0 Å². The fraction of sp³-hybridized carbons (Fsp3) is 0.393. The van der Waals surface area contributed by atoms with Crippen molar-refractivity contribution in [3.05, 3.63) is 71.9 Å². The fourth-order valence-electron chi connectivity index (χ4n) is 5.05. The summed E-state index contributed by atoms with van der Waals surface area (Å²) in [7, 11) is 0. The molecule has 2 aliphatic rings. The average molecular weight is 456 g/mol. The summed E-state index contributed by atoms with van der Waals surface area (Å²) in [5.74, 6) is 1.50. The summed E-state index contributed by atoms with van der Waals surface area (Å²) < 4.78 is 0. The highest BCUT2D eigenvalue weighted by Gasteiger charge is 2.28. The zero-order valence-electron chi connectivity index (χ0n) is 19.9. The average Bonchev–Trinajstić information content (AvgIpc) is 2.90. The van der Waals surface area contributed by atoms with Crippen molar-refractivity contribution in [2.45, 2.75) is 45.1 Å². The van der Waals surface area contributed by atoms with E-state index in [1.165, 1.54) is 37.9 Å². The van der Waals surface area contributed by atoms with Crippen LogP contribution in [0.1, 0.15) is 48.0 Å². The molecule has 2 saturated heterocycles. The maximum absolute atomic E-state index is 13.2. The molecule has 0 radical (unpaired) electrons. The molecule has 3 heterocycles. The highest BCUT2D eigenvalue weighted by Crippen LogP contribution is 2.24. The van der Waals surface area contributed by atoms with Gasteiger partial charge in [-0.25, -0.2) is 9.97 Å². The molecule has 0 spiro atoms. The second kappa shape index (κ2) is 10.3. The van der Waals surface area contributed by atoms with Crippen LogP contribution < -0.4 is 5.32 Å². The molecule has 2 fully saturated rings. The maximum atomic E-state index is 13.2. The van der Waals surface area contributed by atoms with E-state index >= 15 is 0 Å². The number of nitrogens with zero attached hydrogens (tertiary/aromatic N) is 4. The van der Waals surface area contributed by atoms with Crippen molar-refractivity contribution in [2.75, 3.05) is 31.5 Å². The number of amides is 1. The quantitative estimate of drug-likeness (QED) is 0.567. The van der Waals surface area contributed by atoms with Crippen molar-refractivity contribution in [2.24, 2.45) is 0 Å². The second-order valence-corrected chi connectivity index (χ2v) is 9.46. The monoisotopic (exact) mass is 455 g/mol. The van der Waals surface area contributed by atoms with E-state index in [1.54, 1.807) is 6.20 Å². The van der Waals surface area contributed by atoms with E-state index < -0.39 is 0 Å². The van der Waals surface area contributed by atoms with E-state index in [0.29, 0.717) is 23.2 Å². The van der Waals surface area contributed by atoms with Crippen LogP contribution in [-0.2, 0) is 0 Å². The molecule has 0 aliphatic carbocycles. The van der Waals surface area contributed by atoms with Crippen molar-refractivity contribution in [1.82, 2.24) is 19.8 Å². The summed E-state index contributed by atoms with van der Waals surface area (Å²) in [6.07, 6.45) is 7.90. The molecule has 0 saturated carbocycles. The third-order valence-electron chi connectivity index (χ3n) is 7.01. The third kappa shape index (κ3) is 5.28. The van der Waals surface area contributed by atoms with E-state index in [2.05, 4.69) is 39.2 Å². The zero-order valence-corrected chi connectivity index (χ0v) is 19.9. The number of carbonyl (C=O) groups is 1. The summed E-state index contributed by atoms with van der Waals surface area (Å²) >= 11 is 0. The van der Waals surface area contributed by atoms with Gasteiger partial charge in [0.15, 0.2) is 5.82 Å². The molecule has 2 aromatic carbocycles. The minimum absolute atomic E-state index is 0.115. The molecule has 6 heteroatoms. The molecular weight excluding hydrogens is 422 g/mol. The van der Waals surface area contributed by atoms with Crippen LogP contribution in [0, 0.1) is 6.92 Å². The highest BCUT2D eigenvalue weighted by atomic mass is 16.2. The Bertz CT molecular complexity index is 1120. The van der Waals surface area contributed by atoms with Crippen LogP contribution >= 0.6 is 0 Å². The molecule has 5 rings (SSSR count). The van der Waals surface area contributed by atoms with Gasteiger partial charge < -0.3 is 15.1 Å². The minimum Gasteiger partial charge on any atom is -0.340 e. The minimum atomic E-state index is 0.115. The Morgan fingerprint density at radius 1 is 0.941 bits per heavy atom. The molecule has 1 amide bonds. The van der Waals surface area contributed by atoms with E-state index in [9.17, 15) is 4.79 Å². The second-order valence-electron chi connectivity index (χ2n) is 9.46. The normalized spacial score (nSPS) is 17.5. The first kappa shape index (κ1) is 22.5. The zero-order chi connectivity index (χ0) is 23.3.